The molecule has 8 nitrogen and oxygen atoms in total. The van der Waals surface area contributed by atoms with Gasteiger partial charge in [0.25, 0.3) is 11.6 Å². The molecule has 0 amide bonds. The largest absolute Gasteiger partial charge is 0.334 e. The lowest BCUT2D eigenvalue weighted by Gasteiger charge is -2.30. The summed E-state index contributed by atoms with van der Waals surface area (Å²) in [4.78, 5) is 18.3. The number of aromatic nitrogens is 2. The first-order valence-corrected chi connectivity index (χ1v) is 8.40. The molecule has 0 saturated carbocycles. The lowest BCUT2D eigenvalue weighted by atomic mass is 10.1. The Balaban J connectivity index is 0.00000208. The van der Waals surface area contributed by atoms with Gasteiger partial charge in [0, 0.05) is 30.6 Å². The number of hydrogen-bond donors (Lipinski definition) is 1. The fourth-order valence-corrected chi connectivity index (χ4v) is 2.99. The molecule has 1 fully saturated rings. The van der Waals surface area contributed by atoms with Crippen LogP contribution in [0.3, 0.4) is 0 Å². The van der Waals surface area contributed by atoms with Crippen LogP contribution in [0.4, 0.5) is 5.69 Å². The van der Waals surface area contributed by atoms with Gasteiger partial charge in [-0.2, -0.15) is 4.98 Å². The summed E-state index contributed by atoms with van der Waals surface area (Å²) in [5.41, 5.74) is 0.320. The highest BCUT2D eigenvalue weighted by Gasteiger charge is 2.27. The van der Waals surface area contributed by atoms with Crippen LogP contribution in [0.1, 0.15) is 11.9 Å². The molecule has 130 valence electrons. The van der Waals surface area contributed by atoms with Crippen molar-refractivity contribution in [3.05, 3.63) is 34.1 Å². The Morgan fingerprint density at radius 3 is 2.96 bits per heavy atom. The summed E-state index contributed by atoms with van der Waals surface area (Å²) in [5.74, 6) is 0.722. The molecule has 0 spiro atoms. The van der Waals surface area contributed by atoms with Crippen LogP contribution in [0.15, 0.2) is 27.6 Å². The van der Waals surface area contributed by atoms with Crippen LogP contribution < -0.4 is 5.32 Å². The van der Waals surface area contributed by atoms with Crippen LogP contribution in [0.25, 0.3) is 11.5 Å². The van der Waals surface area contributed by atoms with Gasteiger partial charge in [-0.05, 0) is 25.4 Å². The van der Waals surface area contributed by atoms with E-state index in [1.807, 2.05) is 13.3 Å². The van der Waals surface area contributed by atoms with Crippen molar-refractivity contribution in [2.24, 2.45) is 0 Å². The van der Waals surface area contributed by atoms with Gasteiger partial charge >= 0.3 is 0 Å². The number of nitro groups is 1. The number of likely N-dealkylation sites (N-methyl/N-ethyl adjacent to an activating group) is 1. The second kappa shape index (κ2) is 7.93. The van der Waals surface area contributed by atoms with E-state index in [0.717, 1.165) is 24.5 Å². The van der Waals surface area contributed by atoms with Crippen molar-refractivity contribution in [3.8, 4) is 11.5 Å². The van der Waals surface area contributed by atoms with Gasteiger partial charge in [0.2, 0.25) is 0 Å². The van der Waals surface area contributed by atoms with E-state index in [1.165, 1.54) is 17.8 Å². The number of piperazine rings is 1. The molecule has 1 saturated heterocycles. The molecule has 1 atom stereocenters. The lowest BCUT2D eigenvalue weighted by molar-refractivity contribution is -0.384. The van der Waals surface area contributed by atoms with Gasteiger partial charge in [-0.15, -0.1) is 24.2 Å². The van der Waals surface area contributed by atoms with Crippen LogP contribution in [0.2, 0.25) is 0 Å². The maximum absolute atomic E-state index is 11.2. The maximum atomic E-state index is 11.2. The number of halogens is 1. The number of benzene rings is 1. The smallest absolute Gasteiger partial charge is 0.282 e. The van der Waals surface area contributed by atoms with E-state index < -0.39 is 4.92 Å². The number of hydrogen-bond acceptors (Lipinski definition) is 8. The number of nitrogens with one attached hydrogen (secondary N) is 1. The molecule has 1 aliphatic rings. The minimum absolute atomic E-state index is 0. The van der Waals surface area contributed by atoms with Gasteiger partial charge in [-0.25, -0.2) is 0 Å². The molecular weight excluding hydrogens is 354 g/mol. The molecule has 1 N–H and O–H groups in total. The van der Waals surface area contributed by atoms with Gasteiger partial charge in [-0.3, -0.25) is 15.0 Å². The van der Waals surface area contributed by atoms with Crippen LogP contribution in [0.5, 0.6) is 0 Å². The number of rotatable bonds is 4. The normalized spacial score (nSPS) is 18.2. The van der Waals surface area contributed by atoms with Gasteiger partial charge in [0.1, 0.15) is 5.56 Å². The first-order chi connectivity index (χ1) is 11.1. The predicted molar refractivity (Wildman–Crippen MR) is 93.7 cm³/mol. The Hall–Kier alpha value is -1.68. The van der Waals surface area contributed by atoms with Crippen molar-refractivity contribution < 1.29 is 9.45 Å². The molecular formula is C14H18ClN5O3S. The van der Waals surface area contributed by atoms with E-state index >= 15 is 0 Å². The third-order valence-corrected chi connectivity index (χ3v) is 4.61. The van der Waals surface area contributed by atoms with Crippen molar-refractivity contribution in [1.82, 2.24) is 20.4 Å². The summed E-state index contributed by atoms with van der Waals surface area (Å²) >= 11 is 1.50. The van der Waals surface area contributed by atoms with Crippen molar-refractivity contribution in [2.45, 2.75) is 10.9 Å². The summed E-state index contributed by atoms with van der Waals surface area (Å²) in [6, 6.07) is 4.90. The Labute approximate surface area is 149 Å². The van der Waals surface area contributed by atoms with Crippen LogP contribution >= 0.6 is 24.2 Å². The van der Waals surface area contributed by atoms with Crippen molar-refractivity contribution in [1.29, 1.82) is 0 Å². The van der Waals surface area contributed by atoms with Crippen LogP contribution in [-0.4, -0.2) is 52.9 Å². The van der Waals surface area contributed by atoms with Gasteiger partial charge < -0.3 is 9.84 Å². The highest BCUT2D eigenvalue weighted by atomic mass is 35.5. The topological polar surface area (TPSA) is 97.3 Å². The summed E-state index contributed by atoms with van der Waals surface area (Å²) < 4.78 is 5.31. The zero-order chi connectivity index (χ0) is 16.4. The molecule has 2 heterocycles. The molecule has 0 bridgehead atoms. The van der Waals surface area contributed by atoms with E-state index in [1.54, 1.807) is 12.1 Å². The van der Waals surface area contributed by atoms with Gasteiger partial charge in [-0.1, -0.05) is 5.16 Å². The van der Waals surface area contributed by atoms with Gasteiger partial charge in [0.05, 0.1) is 11.0 Å². The molecule has 1 aromatic heterocycles. The van der Waals surface area contributed by atoms with E-state index in [4.69, 9.17) is 4.52 Å². The highest BCUT2D eigenvalue weighted by molar-refractivity contribution is 7.98. The van der Waals surface area contributed by atoms with Crippen LogP contribution in [-0.2, 0) is 0 Å². The van der Waals surface area contributed by atoms with E-state index in [2.05, 4.69) is 20.4 Å². The summed E-state index contributed by atoms with van der Waals surface area (Å²) in [6.45, 7) is 2.53. The Bertz CT molecular complexity index is 726. The van der Waals surface area contributed by atoms with Gasteiger partial charge in [0.15, 0.2) is 5.82 Å². The summed E-state index contributed by atoms with van der Waals surface area (Å²) in [7, 11) is 2.00. The molecule has 1 aromatic carbocycles. The van der Waals surface area contributed by atoms with Crippen LogP contribution in [0, 0.1) is 10.1 Å². The average molecular weight is 372 g/mol. The van der Waals surface area contributed by atoms with E-state index in [-0.39, 0.29) is 30.0 Å². The fraction of sp³-hybridized carbons (Fsp3) is 0.429. The summed E-state index contributed by atoms with van der Waals surface area (Å²) in [6.07, 6.45) is 1.91. The molecule has 0 aliphatic carbocycles. The molecule has 1 unspecified atom stereocenters. The number of thioether (sulfide) groups is 1. The fourth-order valence-electron chi connectivity index (χ4n) is 2.55. The molecule has 2 aromatic rings. The minimum Gasteiger partial charge on any atom is -0.334 e. The molecule has 0 radical (unpaired) electrons. The van der Waals surface area contributed by atoms with Crippen molar-refractivity contribution in [3.63, 3.8) is 0 Å². The SMILES string of the molecule is CSc1ccc([N+](=O)[O-])c(-c2nc(C3CNCCN3C)no2)c1.Cl. The third kappa shape index (κ3) is 3.69. The second-order valence-electron chi connectivity index (χ2n) is 5.30. The highest BCUT2D eigenvalue weighted by Crippen LogP contribution is 2.33. The Morgan fingerprint density at radius 2 is 2.29 bits per heavy atom. The Kier molecular flexibility index (Phi) is 6.16. The Morgan fingerprint density at radius 1 is 1.50 bits per heavy atom. The number of nitrogens with zero attached hydrogens (tertiary/aromatic N) is 4. The molecule has 3 rings (SSSR count). The van der Waals surface area contributed by atoms with Crippen molar-refractivity contribution >= 4 is 29.9 Å². The lowest BCUT2D eigenvalue weighted by Crippen LogP contribution is -2.44. The van der Waals surface area contributed by atoms with Crippen molar-refractivity contribution in [2.75, 3.05) is 32.9 Å². The zero-order valence-electron chi connectivity index (χ0n) is 13.3. The average Bonchev–Trinajstić information content (AvgIpc) is 3.04. The zero-order valence-corrected chi connectivity index (χ0v) is 14.9. The quantitative estimate of drug-likeness (QED) is 0.497. The first kappa shape index (κ1) is 18.7. The monoisotopic (exact) mass is 371 g/mol. The maximum Gasteiger partial charge on any atom is 0.282 e. The summed E-state index contributed by atoms with van der Waals surface area (Å²) in [5, 5.41) is 18.6. The number of nitro benzene ring substituents is 1. The predicted octanol–water partition coefficient (Wildman–Crippen LogP) is 2.36. The second-order valence-corrected chi connectivity index (χ2v) is 6.18. The van der Waals surface area contributed by atoms with E-state index in [0.29, 0.717) is 11.4 Å². The molecule has 10 heteroatoms. The standard InChI is InChI=1S/C14H17N5O3S.ClH/c1-18-6-5-15-8-12(18)13-16-14(22-17-13)10-7-9(23-2)3-4-11(10)19(20)21;/h3-4,7,12,15H,5-6,8H2,1-2H3;1H. The molecule has 1 aliphatic heterocycles. The first-order valence-electron chi connectivity index (χ1n) is 7.17. The molecule has 24 heavy (non-hydrogen) atoms. The third-order valence-electron chi connectivity index (χ3n) is 3.88. The minimum atomic E-state index is -0.433. The van der Waals surface area contributed by atoms with E-state index in [9.17, 15) is 10.1 Å².